The zero-order valence-corrected chi connectivity index (χ0v) is 15.2. The van der Waals surface area contributed by atoms with Crippen LogP contribution in [0.15, 0.2) is 84.9 Å². The monoisotopic (exact) mass is 358 g/mol. The molecule has 0 unspecified atom stereocenters. The van der Waals surface area contributed by atoms with Gasteiger partial charge in [0.1, 0.15) is 6.04 Å². The minimum Gasteiger partial charge on any atom is -0.368 e. The van der Waals surface area contributed by atoms with Crippen LogP contribution in [0.3, 0.4) is 0 Å². The smallest absolute Gasteiger partial charge is 0.254 e. The van der Waals surface area contributed by atoms with Gasteiger partial charge in [0.2, 0.25) is 5.91 Å². The van der Waals surface area contributed by atoms with E-state index >= 15 is 0 Å². The quantitative estimate of drug-likeness (QED) is 0.733. The van der Waals surface area contributed by atoms with Crippen LogP contribution in [0.1, 0.15) is 15.9 Å². The van der Waals surface area contributed by atoms with E-state index in [1.807, 2.05) is 78.9 Å². The number of nitrogens with two attached hydrogens (primary N) is 1. The third kappa shape index (κ3) is 4.23. The second-order valence-corrected chi connectivity index (χ2v) is 6.44. The lowest BCUT2D eigenvalue weighted by Gasteiger charge is -2.27. The van der Waals surface area contributed by atoms with E-state index in [0.29, 0.717) is 12.0 Å². The molecule has 0 saturated carbocycles. The van der Waals surface area contributed by atoms with Gasteiger partial charge in [-0.3, -0.25) is 9.59 Å². The topological polar surface area (TPSA) is 63.4 Å². The SMILES string of the molecule is CN(C(=O)c1ccccc1-c1ccccc1)[C@H](Cc1ccccc1)C(N)=O. The van der Waals surface area contributed by atoms with Gasteiger partial charge in [0.05, 0.1) is 0 Å². The Hall–Kier alpha value is -3.40. The fourth-order valence-corrected chi connectivity index (χ4v) is 3.14. The summed E-state index contributed by atoms with van der Waals surface area (Å²) in [4.78, 5) is 26.7. The highest BCUT2D eigenvalue weighted by molar-refractivity contribution is 6.02. The molecule has 0 fully saturated rings. The summed E-state index contributed by atoms with van der Waals surface area (Å²) in [7, 11) is 1.63. The number of amides is 2. The molecule has 27 heavy (non-hydrogen) atoms. The molecule has 1 atom stereocenters. The molecule has 0 radical (unpaired) electrons. The Morgan fingerprint density at radius 1 is 0.852 bits per heavy atom. The number of carbonyl (C=O) groups is 2. The molecule has 0 bridgehead atoms. The first-order valence-electron chi connectivity index (χ1n) is 8.83. The highest BCUT2D eigenvalue weighted by Crippen LogP contribution is 2.25. The summed E-state index contributed by atoms with van der Waals surface area (Å²) in [5, 5.41) is 0. The van der Waals surface area contributed by atoms with E-state index in [0.717, 1.165) is 16.7 Å². The van der Waals surface area contributed by atoms with Gasteiger partial charge in [0, 0.05) is 19.0 Å². The maximum Gasteiger partial charge on any atom is 0.254 e. The van der Waals surface area contributed by atoms with Crippen molar-refractivity contribution in [3.05, 3.63) is 96.1 Å². The molecular weight excluding hydrogens is 336 g/mol. The van der Waals surface area contributed by atoms with Crippen molar-refractivity contribution in [1.82, 2.24) is 4.90 Å². The lowest BCUT2D eigenvalue weighted by atomic mass is 9.97. The van der Waals surface area contributed by atoms with Gasteiger partial charge in [-0.25, -0.2) is 0 Å². The summed E-state index contributed by atoms with van der Waals surface area (Å²) in [6, 6.07) is 26.0. The van der Waals surface area contributed by atoms with Crippen molar-refractivity contribution in [2.24, 2.45) is 5.73 Å². The van der Waals surface area contributed by atoms with Crippen molar-refractivity contribution in [2.45, 2.75) is 12.5 Å². The molecule has 0 spiro atoms. The Morgan fingerprint density at radius 3 is 2.04 bits per heavy atom. The van der Waals surface area contributed by atoms with E-state index in [2.05, 4.69) is 0 Å². The van der Waals surface area contributed by atoms with Gasteiger partial charge in [-0.1, -0.05) is 78.9 Å². The predicted octanol–water partition coefficient (Wildman–Crippen LogP) is 3.52. The van der Waals surface area contributed by atoms with Crippen LogP contribution >= 0.6 is 0 Å². The second-order valence-electron chi connectivity index (χ2n) is 6.44. The molecule has 0 aliphatic carbocycles. The predicted molar refractivity (Wildman–Crippen MR) is 107 cm³/mol. The first kappa shape index (κ1) is 18.4. The lowest BCUT2D eigenvalue weighted by Crippen LogP contribution is -2.47. The highest BCUT2D eigenvalue weighted by Gasteiger charge is 2.27. The zero-order chi connectivity index (χ0) is 19.2. The average Bonchev–Trinajstić information content (AvgIpc) is 2.72. The summed E-state index contributed by atoms with van der Waals surface area (Å²) in [6.07, 6.45) is 0.381. The number of nitrogens with zero attached hydrogens (tertiary/aromatic N) is 1. The molecule has 2 amide bonds. The molecule has 4 heteroatoms. The summed E-state index contributed by atoms with van der Waals surface area (Å²) in [5.41, 5.74) is 8.90. The van der Waals surface area contributed by atoms with Crippen molar-refractivity contribution in [3.8, 4) is 11.1 Å². The minimum absolute atomic E-state index is 0.228. The molecule has 0 aromatic heterocycles. The summed E-state index contributed by atoms with van der Waals surface area (Å²) in [5.74, 6) is -0.749. The standard InChI is InChI=1S/C23H22N2O2/c1-25(21(22(24)26)16-17-10-4-2-5-11-17)23(27)20-15-9-8-14-19(20)18-12-6-3-7-13-18/h2-15,21H,16H2,1H3,(H2,24,26)/t21-/m1/s1. The zero-order valence-electron chi connectivity index (χ0n) is 15.2. The molecule has 3 aromatic carbocycles. The van der Waals surface area contributed by atoms with Crippen LogP contribution in [-0.4, -0.2) is 29.8 Å². The van der Waals surface area contributed by atoms with Gasteiger partial charge in [-0.05, 0) is 22.8 Å². The fourth-order valence-electron chi connectivity index (χ4n) is 3.14. The van der Waals surface area contributed by atoms with Crippen molar-refractivity contribution in [2.75, 3.05) is 7.05 Å². The Bertz CT molecular complexity index is 923. The van der Waals surface area contributed by atoms with Crippen LogP contribution in [0.2, 0.25) is 0 Å². The summed E-state index contributed by atoms with van der Waals surface area (Å²) >= 11 is 0. The molecular formula is C23H22N2O2. The van der Waals surface area contributed by atoms with Crippen molar-refractivity contribution >= 4 is 11.8 Å². The van der Waals surface area contributed by atoms with Crippen LogP contribution in [-0.2, 0) is 11.2 Å². The number of likely N-dealkylation sites (N-methyl/N-ethyl adjacent to an activating group) is 1. The number of carbonyl (C=O) groups excluding carboxylic acids is 2. The van der Waals surface area contributed by atoms with Gasteiger partial charge in [-0.15, -0.1) is 0 Å². The first-order chi connectivity index (χ1) is 13.1. The van der Waals surface area contributed by atoms with E-state index < -0.39 is 11.9 Å². The van der Waals surface area contributed by atoms with Gasteiger partial charge < -0.3 is 10.6 Å². The van der Waals surface area contributed by atoms with E-state index in [1.165, 1.54) is 4.90 Å². The fraction of sp³-hybridized carbons (Fsp3) is 0.130. The van der Waals surface area contributed by atoms with Crippen LogP contribution in [0.4, 0.5) is 0 Å². The van der Waals surface area contributed by atoms with Gasteiger partial charge in [0.25, 0.3) is 5.91 Å². The summed E-state index contributed by atoms with van der Waals surface area (Å²) < 4.78 is 0. The van der Waals surface area contributed by atoms with E-state index in [4.69, 9.17) is 5.73 Å². The summed E-state index contributed by atoms with van der Waals surface area (Å²) in [6.45, 7) is 0. The Balaban J connectivity index is 1.91. The van der Waals surface area contributed by atoms with Crippen molar-refractivity contribution in [1.29, 1.82) is 0 Å². The Morgan fingerprint density at radius 2 is 1.41 bits per heavy atom. The van der Waals surface area contributed by atoms with Crippen molar-refractivity contribution in [3.63, 3.8) is 0 Å². The third-order valence-electron chi connectivity index (χ3n) is 4.63. The number of rotatable bonds is 6. The van der Waals surface area contributed by atoms with Crippen LogP contribution in [0.5, 0.6) is 0 Å². The van der Waals surface area contributed by atoms with Crippen molar-refractivity contribution < 1.29 is 9.59 Å². The van der Waals surface area contributed by atoms with E-state index in [-0.39, 0.29) is 5.91 Å². The largest absolute Gasteiger partial charge is 0.368 e. The first-order valence-corrected chi connectivity index (χ1v) is 8.83. The van der Waals surface area contributed by atoms with Crippen LogP contribution < -0.4 is 5.73 Å². The molecule has 4 nitrogen and oxygen atoms in total. The van der Waals surface area contributed by atoms with Gasteiger partial charge in [-0.2, -0.15) is 0 Å². The van der Waals surface area contributed by atoms with E-state index in [1.54, 1.807) is 13.1 Å². The van der Waals surface area contributed by atoms with Gasteiger partial charge in [0.15, 0.2) is 0 Å². The highest BCUT2D eigenvalue weighted by atomic mass is 16.2. The maximum atomic E-state index is 13.2. The number of hydrogen-bond acceptors (Lipinski definition) is 2. The molecule has 0 saturated heterocycles. The molecule has 0 aliphatic heterocycles. The number of hydrogen-bond donors (Lipinski definition) is 1. The second kappa shape index (κ2) is 8.32. The molecule has 0 heterocycles. The molecule has 0 aliphatic rings. The number of benzene rings is 3. The van der Waals surface area contributed by atoms with Crippen LogP contribution in [0, 0.1) is 0 Å². The normalized spacial score (nSPS) is 11.6. The Labute approximate surface area is 159 Å². The number of primary amides is 1. The maximum absolute atomic E-state index is 13.2. The molecule has 136 valence electrons. The molecule has 3 rings (SSSR count). The third-order valence-corrected chi connectivity index (χ3v) is 4.63. The molecule has 2 N–H and O–H groups in total. The Kier molecular flexibility index (Phi) is 5.67. The average molecular weight is 358 g/mol. The lowest BCUT2D eigenvalue weighted by molar-refractivity contribution is -0.122. The van der Waals surface area contributed by atoms with Gasteiger partial charge >= 0.3 is 0 Å². The van der Waals surface area contributed by atoms with E-state index in [9.17, 15) is 9.59 Å². The molecule has 3 aromatic rings. The minimum atomic E-state index is -0.719. The van der Waals surface area contributed by atoms with Crippen LogP contribution in [0.25, 0.3) is 11.1 Å².